The molecule has 0 unspecified atom stereocenters. The van der Waals surface area contributed by atoms with E-state index < -0.39 is 0 Å². The summed E-state index contributed by atoms with van der Waals surface area (Å²) in [5.74, 6) is 0.400. The van der Waals surface area contributed by atoms with Crippen molar-refractivity contribution in [3.63, 3.8) is 0 Å². The molecule has 0 atom stereocenters. The van der Waals surface area contributed by atoms with Crippen molar-refractivity contribution < 1.29 is 19.4 Å². The highest BCUT2D eigenvalue weighted by molar-refractivity contribution is 6.00. The molecule has 0 amide bonds. The molecule has 0 heterocycles. The largest absolute Gasteiger partial charge is 0.504 e. The van der Waals surface area contributed by atoms with Gasteiger partial charge in [-0.1, -0.05) is 0 Å². The van der Waals surface area contributed by atoms with E-state index in [2.05, 4.69) is 5.32 Å². The number of carbonyl (C=O) groups is 1. The second-order valence-corrected chi connectivity index (χ2v) is 3.18. The van der Waals surface area contributed by atoms with Crippen LogP contribution in [0.15, 0.2) is 12.1 Å². The quantitative estimate of drug-likeness (QED) is 0.726. The minimum Gasteiger partial charge on any atom is -0.504 e. The number of aromatic hydroxyl groups is 1. The first kappa shape index (κ1) is 12.3. The van der Waals surface area contributed by atoms with Crippen LogP contribution in [0.1, 0.15) is 10.4 Å². The number of methoxy groups -OCH3 is 2. The van der Waals surface area contributed by atoms with Gasteiger partial charge in [-0.3, -0.25) is 4.79 Å². The van der Waals surface area contributed by atoms with Gasteiger partial charge in [0, 0.05) is 6.07 Å². The standard InChI is InChI=1S/C11H15NO4/c1-12-6-9(14)7-4-11(16-3)8(13)5-10(7)15-2/h4-5,12-13H,6H2,1-3H3. The number of likely N-dealkylation sites (N-methyl/N-ethyl adjacent to an activating group) is 1. The molecule has 1 rings (SSSR count). The van der Waals surface area contributed by atoms with Gasteiger partial charge in [0.15, 0.2) is 17.3 Å². The van der Waals surface area contributed by atoms with Crippen LogP contribution in [0.4, 0.5) is 0 Å². The Labute approximate surface area is 94.0 Å². The van der Waals surface area contributed by atoms with Gasteiger partial charge in [-0.25, -0.2) is 0 Å². The minimum absolute atomic E-state index is 0.0552. The van der Waals surface area contributed by atoms with Gasteiger partial charge in [0.25, 0.3) is 0 Å². The Morgan fingerprint density at radius 3 is 2.44 bits per heavy atom. The number of benzene rings is 1. The van der Waals surface area contributed by atoms with Crippen LogP contribution in [0, 0.1) is 0 Å². The molecular formula is C11H15NO4. The van der Waals surface area contributed by atoms with Crippen molar-refractivity contribution in [1.29, 1.82) is 0 Å². The molecule has 0 aliphatic rings. The van der Waals surface area contributed by atoms with Gasteiger partial charge in [-0.2, -0.15) is 0 Å². The van der Waals surface area contributed by atoms with Gasteiger partial charge in [0.05, 0.1) is 26.3 Å². The van der Waals surface area contributed by atoms with Gasteiger partial charge in [-0.05, 0) is 13.1 Å². The summed E-state index contributed by atoms with van der Waals surface area (Å²) in [6.45, 7) is 0.199. The van der Waals surface area contributed by atoms with E-state index in [4.69, 9.17) is 9.47 Å². The molecule has 5 nitrogen and oxygen atoms in total. The number of ether oxygens (including phenoxy) is 2. The SMILES string of the molecule is CNCC(=O)c1cc(OC)c(O)cc1OC. The number of hydrogen-bond donors (Lipinski definition) is 2. The van der Waals surface area contributed by atoms with E-state index in [1.54, 1.807) is 7.05 Å². The Kier molecular flexibility index (Phi) is 4.13. The molecule has 0 saturated heterocycles. The molecular weight excluding hydrogens is 210 g/mol. The van der Waals surface area contributed by atoms with E-state index >= 15 is 0 Å². The van der Waals surface area contributed by atoms with Crippen molar-refractivity contribution in [2.24, 2.45) is 0 Å². The maximum absolute atomic E-state index is 11.7. The fourth-order valence-electron chi connectivity index (χ4n) is 1.36. The topological polar surface area (TPSA) is 67.8 Å². The molecule has 0 bridgehead atoms. The molecule has 88 valence electrons. The zero-order chi connectivity index (χ0) is 12.1. The van der Waals surface area contributed by atoms with E-state index in [-0.39, 0.29) is 23.8 Å². The van der Waals surface area contributed by atoms with Crippen molar-refractivity contribution in [3.8, 4) is 17.2 Å². The Balaban J connectivity index is 3.19. The van der Waals surface area contributed by atoms with Gasteiger partial charge in [0.1, 0.15) is 5.75 Å². The summed E-state index contributed by atoms with van der Waals surface area (Å²) in [4.78, 5) is 11.7. The number of carbonyl (C=O) groups excluding carboxylic acids is 1. The van der Waals surface area contributed by atoms with Crippen LogP contribution in [0.5, 0.6) is 17.2 Å². The van der Waals surface area contributed by atoms with Gasteiger partial charge in [0.2, 0.25) is 0 Å². The lowest BCUT2D eigenvalue weighted by molar-refractivity contribution is 0.0990. The molecule has 1 aromatic rings. The Bertz CT molecular complexity index is 390. The van der Waals surface area contributed by atoms with Crippen molar-refractivity contribution in [3.05, 3.63) is 17.7 Å². The van der Waals surface area contributed by atoms with E-state index in [0.29, 0.717) is 11.3 Å². The smallest absolute Gasteiger partial charge is 0.180 e. The number of rotatable bonds is 5. The van der Waals surface area contributed by atoms with Crippen LogP contribution in [0.2, 0.25) is 0 Å². The summed E-state index contributed by atoms with van der Waals surface area (Å²) in [5, 5.41) is 12.3. The summed E-state index contributed by atoms with van der Waals surface area (Å²) < 4.78 is 9.96. The summed E-state index contributed by atoms with van der Waals surface area (Å²) in [5.41, 5.74) is 0.381. The maximum atomic E-state index is 11.7. The summed E-state index contributed by atoms with van der Waals surface area (Å²) in [6, 6.07) is 2.83. The lowest BCUT2D eigenvalue weighted by Gasteiger charge is -2.11. The highest BCUT2D eigenvalue weighted by atomic mass is 16.5. The predicted molar refractivity (Wildman–Crippen MR) is 59.5 cm³/mol. The summed E-state index contributed by atoms with van der Waals surface area (Å²) in [7, 11) is 4.55. The van der Waals surface area contributed by atoms with Crippen molar-refractivity contribution in [2.75, 3.05) is 27.8 Å². The van der Waals surface area contributed by atoms with Crippen LogP contribution >= 0.6 is 0 Å². The molecule has 0 aliphatic heterocycles. The van der Waals surface area contributed by atoms with E-state index in [1.165, 1.54) is 26.4 Å². The molecule has 0 saturated carbocycles. The molecule has 2 N–H and O–H groups in total. The maximum Gasteiger partial charge on any atom is 0.180 e. The second kappa shape index (κ2) is 5.37. The van der Waals surface area contributed by atoms with E-state index in [0.717, 1.165) is 0 Å². The molecule has 1 aromatic carbocycles. The Hall–Kier alpha value is -1.75. The fraction of sp³-hybridized carbons (Fsp3) is 0.364. The Morgan fingerprint density at radius 1 is 1.31 bits per heavy atom. The van der Waals surface area contributed by atoms with E-state index in [9.17, 15) is 9.90 Å². The van der Waals surface area contributed by atoms with Crippen LogP contribution in [-0.4, -0.2) is 38.7 Å². The number of phenolic OH excluding ortho intramolecular Hbond substituents is 1. The molecule has 0 fully saturated rings. The van der Waals surface area contributed by atoms with Gasteiger partial charge in [-0.15, -0.1) is 0 Å². The number of phenols is 1. The summed E-state index contributed by atoms with van der Waals surface area (Å²) in [6.07, 6.45) is 0. The molecule has 0 radical (unpaired) electrons. The van der Waals surface area contributed by atoms with Gasteiger partial charge >= 0.3 is 0 Å². The molecule has 0 spiro atoms. The fourth-order valence-corrected chi connectivity index (χ4v) is 1.36. The van der Waals surface area contributed by atoms with Crippen LogP contribution in [-0.2, 0) is 0 Å². The van der Waals surface area contributed by atoms with Crippen LogP contribution in [0.25, 0.3) is 0 Å². The Morgan fingerprint density at radius 2 is 1.94 bits per heavy atom. The third-order valence-corrected chi connectivity index (χ3v) is 2.14. The first-order valence-corrected chi connectivity index (χ1v) is 4.76. The van der Waals surface area contributed by atoms with Crippen LogP contribution in [0.3, 0.4) is 0 Å². The first-order valence-electron chi connectivity index (χ1n) is 4.76. The molecule has 0 aromatic heterocycles. The number of hydrogen-bond acceptors (Lipinski definition) is 5. The molecule has 0 aliphatic carbocycles. The number of ketones is 1. The zero-order valence-corrected chi connectivity index (χ0v) is 9.53. The average molecular weight is 225 g/mol. The third kappa shape index (κ3) is 2.43. The van der Waals surface area contributed by atoms with Crippen molar-refractivity contribution in [1.82, 2.24) is 5.32 Å². The van der Waals surface area contributed by atoms with Gasteiger partial charge < -0.3 is 19.9 Å². The van der Waals surface area contributed by atoms with E-state index in [1.807, 2.05) is 0 Å². The average Bonchev–Trinajstić information content (AvgIpc) is 2.28. The zero-order valence-electron chi connectivity index (χ0n) is 9.53. The van der Waals surface area contributed by atoms with Crippen molar-refractivity contribution >= 4 is 5.78 Å². The summed E-state index contributed by atoms with van der Waals surface area (Å²) >= 11 is 0. The number of nitrogens with one attached hydrogen (secondary N) is 1. The highest BCUT2D eigenvalue weighted by Gasteiger charge is 2.15. The lowest BCUT2D eigenvalue weighted by Crippen LogP contribution is -2.19. The first-order chi connectivity index (χ1) is 7.63. The second-order valence-electron chi connectivity index (χ2n) is 3.18. The highest BCUT2D eigenvalue weighted by Crippen LogP contribution is 2.33. The monoisotopic (exact) mass is 225 g/mol. The predicted octanol–water partition coefficient (Wildman–Crippen LogP) is 0.811. The normalized spacial score (nSPS) is 9.94. The van der Waals surface area contributed by atoms with Crippen LogP contribution < -0.4 is 14.8 Å². The van der Waals surface area contributed by atoms with Crippen molar-refractivity contribution in [2.45, 2.75) is 0 Å². The minimum atomic E-state index is -0.127. The third-order valence-electron chi connectivity index (χ3n) is 2.14. The number of Topliss-reactive ketones (excluding diaryl/α,β-unsaturated/α-hetero) is 1. The molecule has 5 heteroatoms. The molecule has 16 heavy (non-hydrogen) atoms. The lowest BCUT2D eigenvalue weighted by atomic mass is 10.1.